The molecule has 2 aromatic carbocycles. The molecule has 0 aliphatic heterocycles. The Hall–Kier alpha value is -3.23. The van der Waals surface area contributed by atoms with Crippen LogP contribution in [0.1, 0.15) is 24.1 Å². The number of aromatic nitrogens is 1. The third-order valence-corrected chi connectivity index (χ3v) is 5.87. The molecule has 31 heavy (non-hydrogen) atoms. The molecule has 0 saturated carbocycles. The number of anilines is 1. The highest BCUT2D eigenvalue weighted by Gasteiger charge is 2.17. The van der Waals surface area contributed by atoms with Gasteiger partial charge in [-0.15, -0.1) is 11.8 Å². The van der Waals surface area contributed by atoms with E-state index in [1.165, 1.54) is 6.07 Å². The van der Waals surface area contributed by atoms with E-state index in [0.717, 1.165) is 27.6 Å². The molecule has 0 saturated heterocycles. The molecule has 3 rings (SSSR count). The molecule has 3 aromatic rings. The number of nitrogens with zero attached hydrogens (tertiary/aromatic N) is 3. The Kier molecular flexibility index (Phi) is 7.75. The van der Waals surface area contributed by atoms with Crippen molar-refractivity contribution >= 4 is 29.0 Å². The number of hydrogen-bond acceptors (Lipinski definition) is 6. The molecule has 1 unspecified atom stereocenters. The zero-order valence-corrected chi connectivity index (χ0v) is 18.2. The summed E-state index contributed by atoms with van der Waals surface area (Å²) in [6.45, 7) is 2.08. The summed E-state index contributed by atoms with van der Waals surface area (Å²) < 4.78 is 0. The Labute approximate surface area is 185 Å². The van der Waals surface area contributed by atoms with Crippen molar-refractivity contribution in [2.24, 2.45) is 0 Å². The fourth-order valence-electron chi connectivity index (χ4n) is 3.05. The lowest BCUT2D eigenvalue weighted by Gasteiger charge is -2.24. The van der Waals surface area contributed by atoms with E-state index in [0.29, 0.717) is 0 Å². The summed E-state index contributed by atoms with van der Waals surface area (Å²) in [5, 5.41) is 14.9. The van der Waals surface area contributed by atoms with Gasteiger partial charge in [-0.1, -0.05) is 30.3 Å². The van der Waals surface area contributed by atoms with Crippen molar-refractivity contribution in [2.75, 3.05) is 18.9 Å². The number of likely N-dealkylation sites (N-methyl/N-ethyl adjacent to an activating group) is 1. The minimum atomic E-state index is -0.415. The van der Waals surface area contributed by atoms with Crippen LogP contribution in [0.3, 0.4) is 0 Å². The van der Waals surface area contributed by atoms with Crippen LogP contribution in [0.2, 0.25) is 0 Å². The molecular weight excluding hydrogens is 412 g/mol. The van der Waals surface area contributed by atoms with Gasteiger partial charge in [-0.05, 0) is 49.4 Å². The number of benzene rings is 2. The standard InChI is InChI=1S/C23H24N4O3S/c1-17(19-8-6-10-21(14-19)27(29)30)26(2)15-22(28)25-20-9-5-7-18(13-20)16-31-23-11-3-4-12-24-23/h3-14,17H,15-16H2,1-2H3,(H,25,28). The second-order valence-electron chi connectivity index (χ2n) is 7.15. The number of carbonyl (C=O) groups excluding carboxylic acids is 1. The number of non-ortho nitro benzene ring substituents is 1. The van der Waals surface area contributed by atoms with Gasteiger partial charge in [-0.3, -0.25) is 19.8 Å². The number of nitrogens with one attached hydrogen (secondary N) is 1. The number of thioether (sulfide) groups is 1. The number of rotatable bonds is 9. The fourth-order valence-corrected chi connectivity index (χ4v) is 3.85. The number of carbonyl (C=O) groups is 1. The van der Waals surface area contributed by atoms with Crippen LogP contribution in [-0.4, -0.2) is 34.3 Å². The van der Waals surface area contributed by atoms with Crippen molar-refractivity contribution in [3.05, 3.63) is 94.2 Å². The van der Waals surface area contributed by atoms with Crippen LogP contribution in [0, 0.1) is 10.1 Å². The molecule has 1 amide bonds. The highest BCUT2D eigenvalue weighted by atomic mass is 32.2. The van der Waals surface area contributed by atoms with Gasteiger partial charge in [0.05, 0.1) is 16.5 Å². The number of hydrogen-bond donors (Lipinski definition) is 1. The third-order valence-electron chi connectivity index (χ3n) is 4.85. The van der Waals surface area contributed by atoms with Gasteiger partial charge < -0.3 is 5.32 Å². The highest BCUT2D eigenvalue weighted by Crippen LogP contribution is 2.24. The first-order valence-electron chi connectivity index (χ1n) is 9.79. The summed E-state index contributed by atoms with van der Waals surface area (Å²) in [4.78, 5) is 29.3. The largest absolute Gasteiger partial charge is 0.325 e. The van der Waals surface area contributed by atoms with Crippen molar-refractivity contribution in [1.29, 1.82) is 0 Å². The van der Waals surface area contributed by atoms with Crippen molar-refractivity contribution < 1.29 is 9.72 Å². The molecule has 0 fully saturated rings. The van der Waals surface area contributed by atoms with Crippen molar-refractivity contribution in [1.82, 2.24) is 9.88 Å². The summed E-state index contributed by atoms with van der Waals surface area (Å²) in [5.74, 6) is 0.610. The van der Waals surface area contributed by atoms with E-state index in [-0.39, 0.29) is 24.2 Å². The summed E-state index contributed by atoms with van der Waals surface area (Å²) in [7, 11) is 1.82. The molecule has 0 aliphatic rings. The van der Waals surface area contributed by atoms with Crippen molar-refractivity contribution in [3.8, 4) is 0 Å². The Morgan fingerprint density at radius 3 is 2.71 bits per heavy atom. The average Bonchev–Trinajstić information content (AvgIpc) is 2.78. The number of nitro groups is 1. The topological polar surface area (TPSA) is 88.4 Å². The summed E-state index contributed by atoms with van der Waals surface area (Å²) in [6, 6.07) is 19.9. The van der Waals surface area contributed by atoms with Crippen LogP contribution in [0.15, 0.2) is 78.0 Å². The molecule has 8 heteroatoms. The highest BCUT2D eigenvalue weighted by molar-refractivity contribution is 7.98. The average molecular weight is 437 g/mol. The summed E-state index contributed by atoms with van der Waals surface area (Å²) in [5.41, 5.74) is 2.66. The van der Waals surface area contributed by atoms with Crippen LogP contribution in [0.5, 0.6) is 0 Å². The number of amides is 1. The molecule has 7 nitrogen and oxygen atoms in total. The monoisotopic (exact) mass is 436 g/mol. The van der Waals surface area contributed by atoms with Gasteiger partial charge in [-0.25, -0.2) is 4.98 Å². The van der Waals surface area contributed by atoms with Gasteiger partial charge in [0.25, 0.3) is 5.69 Å². The maximum absolute atomic E-state index is 12.5. The third kappa shape index (κ3) is 6.63. The smallest absolute Gasteiger partial charge is 0.269 e. The molecule has 0 aliphatic carbocycles. The Morgan fingerprint density at radius 2 is 1.97 bits per heavy atom. The molecule has 1 heterocycles. The minimum Gasteiger partial charge on any atom is -0.325 e. The number of pyridine rings is 1. The van der Waals surface area contributed by atoms with E-state index in [2.05, 4.69) is 10.3 Å². The molecule has 160 valence electrons. The molecular formula is C23H24N4O3S. The van der Waals surface area contributed by atoms with Gasteiger partial charge in [0.1, 0.15) is 0 Å². The fraction of sp³-hybridized carbons (Fsp3) is 0.217. The van der Waals surface area contributed by atoms with Gasteiger partial charge in [0.15, 0.2) is 0 Å². The van der Waals surface area contributed by atoms with Gasteiger partial charge in [0.2, 0.25) is 5.91 Å². The first-order chi connectivity index (χ1) is 14.9. The van der Waals surface area contributed by atoms with Crippen LogP contribution in [-0.2, 0) is 10.5 Å². The quantitative estimate of drug-likeness (QED) is 0.291. The second-order valence-corrected chi connectivity index (χ2v) is 8.14. The Balaban J connectivity index is 1.56. The first-order valence-corrected chi connectivity index (χ1v) is 10.8. The predicted molar refractivity (Wildman–Crippen MR) is 123 cm³/mol. The summed E-state index contributed by atoms with van der Waals surface area (Å²) >= 11 is 1.64. The van der Waals surface area contributed by atoms with E-state index < -0.39 is 4.92 Å². The zero-order valence-electron chi connectivity index (χ0n) is 17.4. The van der Waals surface area contributed by atoms with Crippen LogP contribution < -0.4 is 5.32 Å². The van der Waals surface area contributed by atoms with E-state index in [9.17, 15) is 14.9 Å². The SMILES string of the molecule is CC(c1cccc([N+](=O)[O-])c1)N(C)CC(=O)Nc1cccc(CSc2ccccn2)c1. The lowest BCUT2D eigenvalue weighted by atomic mass is 10.1. The van der Waals surface area contributed by atoms with E-state index in [4.69, 9.17) is 0 Å². The molecule has 0 radical (unpaired) electrons. The van der Waals surface area contributed by atoms with Crippen LogP contribution in [0.4, 0.5) is 11.4 Å². The maximum Gasteiger partial charge on any atom is 0.269 e. The van der Waals surface area contributed by atoms with Gasteiger partial charge >= 0.3 is 0 Å². The van der Waals surface area contributed by atoms with Crippen molar-refractivity contribution in [2.45, 2.75) is 23.7 Å². The predicted octanol–water partition coefficient (Wildman–Crippen LogP) is 4.91. The normalized spacial score (nSPS) is 11.8. The first kappa shape index (κ1) is 22.5. The molecule has 1 atom stereocenters. The molecule has 0 spiro atoms. The lowest BCUT2D eigenvalue weighted by Crippen LogP contribution is -2.32. The van der Waals surface area contributed by atoms with E-state index >= 15 is 0 Å². The minimum absolute atomic E-state index is 0.0441. The van der Waals surface area contributed by atoms with Gasteiger partial charge in [0, 0.05) is 35.8 Å². The Morgan fingerprint density at radius 1 is 1.16 bits per heavy atom. The molecule has 1 aromatic heterocycles. The zero-order chi connectivity index (χ0) is 22.2. The Bertz CT molecular complexity index is 1050. The van der Waals surface area contributed by atoms with Crippen LogP contribution >= 0.6 is 11.8 Å². The van der Waals surface area contributed by atoms with Crippen LogP contribution in [0.25, 0.3) is 0 Å². The maximum atomic E-state index is 12.5. The molecule has 1 N–H and O–H groups in total. The lowest BCUT2D eigenvalue weighted by molar-refractivity contribution is -0.384. The van der Waals surface area contributed by atoms with E-state index in [1.807, 2.05) is 67.4 Å². The summed E-state index contributed by atoms with van der Waals surface area (Å²) in [6.07, 6.45) is 1.77. The second kappa shape index (κ2) is 10.7. The molecule has 0 bridgehead atoms. The van der Waals surface area contributed by atoms with Crippen molar-refractivity contribution in [3.63, 3.8) is 0 Å². The number of nitro benzene ring substituents is 1. The van der Waals surface area contributed by atoms with E-state index in [1.54, 1.807) is 30.1 Å². The van der Waals surface area contributed by atoms with Gasteiger partial charge in [-0.2, -0.15) is 0 Å².